The lowest BCUT2D eigenvalue weighted by Gasteiger charge is -2.29. The highest BCUT2D eigenvalue weighted by molar-refractivity contribution is 7.89. The third-order valence-electron chi connectivity index (χ3n) is 4.48. The van der Waals surface area contributed by atoms with Crippen LogP contribution in [-0.2, 0) is 16.6 Å². The summed E-state index contributed by atoms with van der Waals surface area (Å²) in [4.78, 5) is 16.7. The highest BCUT2D eigenvalue weighted by Crippen LogP contribution is 2.21. The molecule has 8 heteroatoms. The summed E-state index contributed by atoms with van der Waals surface area (Å²) in [6.07, 6.45) is 6.09. The predicted octanol–water partition coefficient (Wildman–Crippen LogP) is 1.66. The van der Waals surface area contributed by atoms with Crippen LogP contribution in [0.1, 0.15) is 22.3 Å². The molecular weight excluding hydrogens is 352 g/mol. The van der Waals surface area contributed by atoms with Crippen molar-refractivity contribution in [1.29, 1.82) is 0 Å². The van der Waals surface area contributed by atoms with E-state index < -0.39 is 10.0 Å². The van der Waals surface area contributed by atoms with Crippen molar-refractivity contribution in [3.63, 3.8) is 0 Å². The largest absolute Gasteiger partial charge is 0.348 e. The number of hydrogen-bond donors (Lipinski definition) is 1. The fourth-order valence-electron chi connectivity index (χ4n) is 2.79. The summed E-state index contributed by atoms with van der Waals surface area (Å²) in [7, 11) is -3.37. The molecule has 0 radical (unpaired) electrons. The van der Waals surface area contributed by atoms with Gasteiger partial charge in [0.2, 0.25) is 10.0 Å². The molecule has 2 aromatic heterocycles. The molecule has 7 nitrogen and oxygen atoms in total. The van der Waals surface area contributed by atoms with E-state index in [9.17, 15) is 13.2 Å². The van der Waals surface area contributed by atoms with Crippen LogP contribution >= 0.6 is 0 Å². The molecule has 0 saturated carbocycles. The third-order valence-corrected chi connectivity index (χ3v) is 6.39. The standard InChI is InChI=1S/C18H18N4O3S/c23-18(15-4-7-17-19-8-11-21(17)13-15)20-12-14-2-5-16(6-3-14)26(24,25)22-9-1-10-22/h2-8,11,13H,1,9-10,12H2,(H,20,23). The minimum absolute atomic E-state index is 0.196. The van der Waals surface area contributed by atoms with Crippen molar-refractivity contribution < 1.29 is 13.2 Å². The van der Waals surface area contributed by atoms with Crippen LogP contribution in [0.4, 0.5) is 0 Å². The number of rotatable bonds is 5. The van der Waals surface area contributed by atoms with Crippen LogP contribution in [0.5, 0.6) is 0 Å². The molecule has 0 unspecified atom stereocenters. The van der Waals surface area contributed by atoms with E-state index in [1.165, 1.54) is 4.31 Å². The van der Waals surface area contributed by atoms with Crippen molar-refractivity contribution in [1.82, 2.24) is 19.0 Å². The van der Waals surface area contributed by atoms with Crippen LogP contribution in [-0.4, -0.2) is 41.1 Å². The number of carbonyl (C=O) groups excluding carboxylic acids is 1. The molecule has 1 aromatic carbocycles. The van der Waals surface area contributed by atoms with Gasteiger partial charge in [0.15, 0.2) is 0 Å². The molecule has 0 spiro atoms. The lowest BCUT2D eigenvalue weighted by Crippen LogP contribution is -2.41. The first kappa shape index (κ1) is 16.7. The molecule has 4 rings (SSSR count). The number of imidazole rings is 1. The molecule has 0 atom stereocenters. The van der Waals surface area contributed by atoms with Crippen molar-refractivity contribution in [2.24, 2.45) is 0 Å². The van der Waals surface area contributed by atoms with Crippen molar-refractivity contribution in [3.8, 4) is 0 Å². The molecule has 1 aliphatic rings. The zero-order valence-corrected chi connectivity index (χ0v) is 14.8. The van der Waals surface area contributed by atoms with Gasteiger partial charge in [-0.1, -0.05) is 12.1 Å². The van der Waals surface area contributed by atoms with Gasteiger partial charge >= 0.3 is 0 Å². The van der Waals surface area contributed by atoms with Crippen LogP contribution in [0.15, 0.2) is 59.9 Å². The van der Waals surface area contributed by atoms with Gasteiger partial charge in [-0.2, -0.15) is 4.31 Å². The molecule has 1 amide bonds. The zero-order valence-electron chi connectivity index (χ0n) is 14.0. The molecule has 1 aliphatic heterocycles. The van der Waals surface area contributed by atoms with Crippen LogP contribution in [0.25, 0.3) is 5.65 Å². The summed E-state index contributed by atoms with van der Waals surface area (Å²) >= 11 is 0. The highest BCUT2D eigenvalue weighted by atomic mass is 32.2. The minimum Gasteiger partial charge on any atom is -0.348 e. The second kappa shape index (κ2) is 6.54. The number of carbonyl (C=O) groups is 1. The number of fused-ring (bicyclic) bond motifs is 1. The number of sulfonamides is 1. The zero-order chi connectivity index (χ0) is 18.1. The van der Waals surface area contributed by atoms with E-state index in [4.69, 9.17) is 0 Å². The molecule has 0 aliphatic carbocycles. The summed E-state index contributed by atoms with van der Waals surface area (Å²) in [6.45, 7) is 1.49. The Morgan fingerprint density at radius 2 is 1.88 bits per heavy atom. The SMILES string of the molecule is O=C(NCc1ccc(S(=O)(=O)N2CCC2)cc1)c1ccc2nccn2c1. The summed E-state index contributed by atoms with van der Waals surface area (Å²) < 4.78 is 27.9. The van der Waals surface area contributed by atoms with Gasteiger partial charge in [0.25, 0.3) is 5.91 Å². The molecule has 1 saturated heterocycles. The molecule has 3 aromatic rings. The monoisotopic (exact) mass is 370 g/mol. The van der Waals surface area contributed by atoms with Crippen LogP contribution in [0, 0.1) is 0 Å². The topological polar surface area (TPSA) is 83.8 Å². The van der Waals surface area contributed by atoms with Gasteiger partial charge in [-0.25, -0.2) is 13.4 Å². The summed E-state index contributed by atoms with van der Waals surface area (Å²) in [6, 6.07) is 10.1. The molecule has 26 heavy (non-hydrogen) atoms. The smallest absolute Gasteiger partial charge is 0.253 e. The fraction of sp³-hybridized carbons (Fsp3) is 0.222. The quantitative estimate of drug-likeness (QED) is 0.740. The Bertz CT molecular complexity index is 1050. The van der Waals surface area contributed by atoms with Gasteiger partial charge in [0.05, 0.1) is 10.5 Å². The number of amides is 1. The average Bonchev–Trinajstić information content (AvgIpc) is 3.05. The molecule has 1 N–H and O–H groups in total. The number of nitrogens with zero attached hydrogens (tertiary/aromatic N) is 3. The number of aromatic nitrogens is 2. The highest BCUT2D eigenvalue weighted by Gasteiger charge is 2.28. The molecule has 1 fully saturated rings. The third kappa shape index (κ3) is 3.09. The van der Waals surface area contributed by atoms with E-state index in [-0.39, 0.29) is 10.8 Å². The van der Waals surface area contributed by atoms with E-state index in [2.05, 4.69) is 10.3 Å². The van der Waals surface area contributed by atoms with E-state index in [0.29, 0.717) is 25.2 Å². The van der Waals surface area contributed by atoms with E-state index in [1.54, 1.807) is 59.4 Å². The van der Waals surface area contributed by atoms with Gasteiger partial charge in [-0.3, -0.25) is 4.79 Å². The second-order valence-corrected chi connectivity index (χ2v) is 8.13. The molecule has 3 heterocycles. The first-order valence-corrected chi connectivity index (χ1v) is 9.78. The van der Waals surface area contributed by atoms with Crippen molar-refractivity contribution in [3.05, 3.63) is 66.1 Å². The lowest BCUT2D eigenvalue weighted by molar-refractivity contribution is 0.0950. The van der Waals surface area contributed by atoms with Gasteiger partial charge in [0, 0.05) is 38.2 Å². The predicted molar refractivity (Wildman–Crippen MR) is 96.2 cm³/mol. The van der Waals surface area contributed by atoms with Gasteiger partial charge in [-0.15, -0.1) is 0 Å². The number of hydrogen-bond acceptors (Lipinski definition) is 4. The Morgan fingerprint density at radius 1 is 1.12 bits per heavy atom. The van der Waals surface area contributed by atoms with Gasteiger partial charge < -0.3 is 9.72 Å². The van der Waals surface area contributed by atoms with E-state index in [1.807, 2.05) is 0 Å². The van der Waals surface area contributed by atoms with Crippen LogP contribution in [0.2, 0.25) is 0 Å². The maximum Gasteiger partial charge on any atom is 0.253 e. The van der Waals surface area contributed by atoms with E-state index in [0.717, 1.165) is 17.6 Å². The van der Waals surface area contributed by atoms with Gasteiger partial charge in [-0.05, 0) is 36.2 Å². The minimum atomic E-state index is -3.37. The summed E-state index contributed by atoms with van der Waals surface area (Å²) in [5.41, 5.74) is 2.15. The van der Waals surface area contributed by atoms with Gasteiger partial charge in [0.1, 0.15) is 5.65 Å². The number of nitrogens with one attached hydrogen (secondary N) is 1. The Morgan fingerprint density at radius 3 is 2.58 bits per heavy atom. The summed E-state index contributed by atoms with van der Waals surface area (Å²) in [5, 5.41) is 2.84. The number of pyridine rings is 1. The first-order chi connectivity index (χ1) is 12.5. The van der Waals surface area contributed by atoms with E-state index >= 15 is 0 Å². The molecular formula is C18H18N4O3S. The lowest BCUT2D eigenvalue weighted by atomic mass is 10.2. The Kier molecular flexibility index (Phi) is 4.21. The maximum absolute atomic E-state index is 12.3. The Balaban J connectivity index is 1.42. The first-order valence-electron chi connectivity index (χ1n) is 8.34. The van der Waals surface area contributed by atoms with Crippen molar-refractivity contribution in [2.75, 3.05) is 13.1 Å². The summed E-state index contributed by atoms with van der Waals surface area (Å²) in [5.74, 6) is -0.196. The maximum atomic E-state index is 12.3. The Hall–Kier alpha value is -2.71. The Labute approximate surface area is 151 Å². The molecule has 134 valence electrons. The normalized spacial score (nSPS) is 14.9. The second-order valence-electron chi connectivity index (χ2n) is 6.19. The average molecular weight is 370 g/mol. The van der Waals surface area contributed by atoms with Crippen LogP contribution in [0.3, 0.4) is 0 Å². The van der Waals surface area contributed by atoms with Crippen LogP contribution < -0.4 is 5.32 Å². The number of benzene rings is 1. The molecule has 0 bridgehead atoms. The fourth-order valence-corrected chi connectivity index (χ4v) is 4.31. The van der Waals surface area contributed by atoms with Crippen molar-refractivity contribution in [2.45, 2.75) is 17.9 Å². The van der Waals surface area contributed by atoms with Crippen molar-refractivity contribution >= 4 is 21.6 Å².